The zero-order valence-corrected chi connectivity index (χ0v) is 18.8. The van der Waals surface area contributed by atoms with Gasteiger partial charge in [-0.05, 0) is 68.7 Å². The highest BCUT2D eigenvalue weighted by atomic mass is 32.2. The van der Waals surface area contributed by atoms with Gasteiger partial charge in [0.05, 0.1) is 10.8 Å². The summed E-state index contributed by atoms with van der Waals surface area (Å²) in [6, 6.07) is 9.90. The van der Waals surface area contributed by atoms with Crippen molar-refractivity contribution in [3.05, 3.63) is 40.3 Å². The van der Waals surface area contributed by atoms with Crippen molar-refractivity contribution in [1.29, 1.82) is 5.26 Å². The van der Waals surface area contributed by atoms with E-state index in [2.05, 4.69) is 23.6 Å². The normalized spacial score (nSPS) is 18.8. The summed E-state index contributed by atoms with van der Waals surface area (Å²) in [6.45, 7) is 4.09. The van der Waals surface area contributed by atoms with Crippen LogP contribution in [-0.2, 0) is 22.4 Å². The number of rotatable bonds is 6. The molecule has 2 N–H and O–H groups in total. The molecule has 2 atom stereocenters. The quantitative estimate of drug-likeness (QED) is 0.605. The monoisotopic (exact) mass is 439 g/mol. The summed E-state index contributed by atoms with van der Waals surface area (Å²) in [4.78, 5) is 27.0. The minimum absolute atomic E-state index is 0.0722. The zero-order chi connectivity index (χ0) is 21.3. The van der Waals surface area contributed by atoms with Gasteiger partial charge in [0.1, 0.15) is 11.1 Å². The van der Waals surface area contributed by atoms with E-state index in [1.807, 2.05) is 31.2 Å². The van der Waals surface area contributed by atoms with Crippen molar-refractivity contribution in [3.63, 3.8) is 0 Å². The first-order chi connectivity index (χ1) is 14.4. The second kappa shape index (κ2) is 8.83. The van der Waals surface area contributed by atoms with Crippen LogP contribution >= 0.6 is 23.1 Å². The Labute approximate surface area is 185 Å². The van der Waals surface area contributed by atoms with E-state index >= 15 is 0 Å². The maximum Gasteiger partial charge on any atom is 0.238 e. The molecule has 2 amide bonds. The maximum atomic E-state index is 12.8. The van der Waals surface area contributed by atoms with Gasteiger partial charge in [0, 0.05) is 21.4 Å². The van der Waals surface area contributed by atoms with Gasteiger partial charge >= 0.3 is 0 Å². The van der Waals surface area contributed by atoms with Crippen LogP contribution in [0.1, 0.15) is 49.1 Å². The van der Waals surface area contributed by atoms with Crippen LogP contribution in [0.5, 0.6) is 0 Å². The molecule has 0 spiro atoms. The molecule has 2 aromatic rings. The zero-order valence-electron chi connectivity index (χ0n) is 17.2. The molecule has 1 aromatic carbocycles. The molecular formula is C23H25N3O2S2. The van der Waals surface area contributed by atoms with Crippen molar-refractivity contribution in [2.45, 2.75) is 56.1 Å². The lowest BCUT2D eigenvalue weighted by Gasteiger charge is -2.17. The molecule has 30 heavy (non-hydrogen) atoms. The molecule has 2 unspecified atom stereocenters. The molecule has 156 valence electrons. The van der Waals surface area contributed by atoms with Crippen LogP contribution in [0.25, 0.3) is 0 Å². The van der Waals surface area contributed by atoms with Gasteiger partial charge in [-0.1, -0.05) is 13.0 Å². The van der Waals surface area contributed by atoms with Gasteiger partial charge in [-0.2, -0.15) is 5.26 Å². The number of nitriles is 1. The number of hydrogen-bond donors (Lipinski definition) is 2. The highest BCUT2D eigenvalue weighted by Gasteiger charge is 2.29. The first-order valence-electron chi connectivity index (χ1n) is 10.4. The van der Waals surface area contributed by atoms with Crippen molar-refractivity contribution >= 4 is 45.6 Å². The van der Waals surface area contributed by atoms with Crippen LogP contribution in [0.4, 0.5) is 10.7 Å². The van der Waals surface area contributed by atoms with E-state index in [1.54, 1.807) is 11.3 Å². The molecule has 0 saturated heterocycles. The van der Waals surface area contributed by atoms with Crippen LogP contribution in [0, 0.1) is 23.2 Å². The molecule has 7 heteroatoms. The van der Waals surface area contributed by atoms with E-state index in [-0.39, 0.29) is 23.0 Å². The van der Waals surface area contributed by atoms with Gasteiger partial charge in [0.25, 0.3) is 0 Å². The predicted octanol–water partition coefficient (Wildman–Crippen LogP) is 5.21. The highest BCUT2D eigenvalue weighted by molar-refractivity contribution is 8.00. The number of nitrogens with one attached hydrogen (secondary N) is 2. The van der Waals surface area contributed by atoms with Crippen molar-refractivity contribution < 1.29 is 9.59 Å². The van der Waals surface area contributed by atoms with Gasteiger partial charge < -0.3 is 10.6 Å². The summed E-state index contributed by atoms with van der Waals surface area (Å²) in [5.41, 5.74) is 2.52. The standard InChI is InChI=1S/C23H25N3O2S2/c1-13-6-9-18-19(12-24)23(30-20(18)10-13)26-21(27)14(2)29-17-5-3-4-16(11-17)25-22(28)15-7-8-15/h3-5,11,13-15H,6-10H2,1-2H3,(H,25,28)(H,26,27). The smallest absolute Gasteiger partial charge is 0.238 e. The molecule has 1 aromatic heterocycles. The van der Waals surface area contributed by atoms with Gasteiger partial charge in [-0.15, -0.1) is 23.1 Å². The van der Waals surface area contributed by atoms with E-state index in [1.165, 1.54) is 16.6 Å². The minimum Gasteiger partial charge on any atom is -0.326 e. The lowest BCUT2D eigenvalue weighted by molar-refractivity contribution is -0.117. The summed E-state index contributed by atoms with van der Waals surface area (Å²) >= 11 is 2.99. The molecule has 1 fully saturated rings. The Balaban J connectivity index is 1.41. The van der Waals surface area contributed by atoms with Crippen LogP contribution in [0.15, 0.2) is 29.2 Å². The molecular weight excluding hydrogens is 414 g/mol. The van der Waals surface area contributed by atoms with Crippen molar-refractivity contribution in [2.24, 2.45) is 11.8 Å². The van der Waals surface area contributed by atoms with Crippen LogP contribution in [0.2, 0.25) is 0 Å². The number of carbonyl (C=O) groups excluding carboxylic acids is 2. The summed E-state index contributed by atoms with van der Waals surface area (Å²) in [5.74, 6) is 0.729. The number of nitrogens with zero attached hydrogens (tertiary/aromatic N) is 1. The third kappa shape index (κ3) is 4.71. The molecule has 2 aliphatic carbocycles. The minimum atomic E-state index is -0.330. The maximum absolute atomic E-state index is 12.8. The Morgan fingerprint density at radius 2 is 2.07 bits per heavy atom. The Morgan fingerprint density at radius 3 is 2.80 bits per heavy atom. The predicted molar refractivity (Wildman–Crippen MR) is 122 cm³/mol. The van der Waals surface area contributed by atoms with Crippen LogP contribution in [0.3, 0.4) is 0 Å². The lowest BCUT2D eigenvalue weighted by Crippen LogP contribution is -2.22. The molecule has 5 nitrogen and oxygen atoms in total. The third-order valence-corrected chi connectivity index (χ3v) is 7.86. The summed E-state index contributed by atoms with van der Waals surface area (Å²) in [7, 11) is 0. The van der Waals surface area contributed by atoms with Gasteiger partial charge in [-0.25, -0.2) is 0 Å². The fourth-order valence-corrected chi connectivity index (χ4v) is 5.96. The van der Waals surface area contributed by atoms with Crippen molar-refractivity contribution in [3.8, 4) is 6.07 Å². The number of benzene rings is 1. The molecule has 2 aliphatic rings. The number of carbonyl (C=O) groups is 2. The highest BCUT2D eigenvalue weighted by Crippen LogP contribution is 2.39. The third-order valence-electron chi connectivity index (χ3n) is 5.59. The fraction of sp³-hybridized carbons (Fsp3) is 0.435. The number of thioether (sulfide) groups is 1. The molecule has 1 saturated carbocycles. The first kappa shape index (κ1) is 21.0. The lowest BCUT2D eigenvalue weighted by atomic mass is 9.89. The molecule has 0 bridgehead atoms. The fourth-order valence-electron chi connectivity index (χ4n) is 3.67. The molecule has 0 aliphatic heterocycles. The Bertz CT molecular complexity index is 1020. The van der Waals surface area contributed by atoms with E-state index < -0.39 is 0 Å². The topological polar surface area (TPSA) is 82.0 Å². The van der Waals surface area contributed by atoms with Gasteiger partial charge in [0.2, 0.25) is 11.8 Å². The largest absolute Gasteiger partial charge is 0.326 e. The van der Waals surface area contributed by atoms with E-state index in [4.69, 9.17) is 0 Å². The van der Waals surface area contributed by atoms with E-state index in [0.29, 0.717) is 16.5 Å². The SMILES string of the molecule is CC1CCc2c(sc(NC(=O)C(C)Sc3cccc(NC(=O)C4CC4)c3)c2C#N)C1. The Kier molecular flexibility index (Phi) is 6.16. The second-order valence-electron chi connectivity index (χ2n) is 8.21. The molecule has 1 heterocycles. The average Bonchev–Trinajstić information content (AvgIpc) is 3.50. The number of hydrogen-bond acceptors (Lipinski definition) is 5. The number of fused-ring (bicyclic) bond motifs is 1. The average molecular weight is 440 g/mol. The van der Waals surface area contributed by atoms with E-state index in [9.17, 15) is 14.9 Å². The number of anilines is 2. The van der Waals surface area contributed by atoms with Gasteiger partial charge in [-0.3, -0.25) is 9.59 Å². The second-order valence-corrected chi connectivity index (χ2v) is 10.7. The molecule has 4 rings (SSSR count). The number of amides is 2. The van der Waals surface area contributed by atoms with Crippen molar-refractivity contribution in [1.82, 2.24) is 0 Å². The summed E-state index contributed by atoms with van der Waals surface area (Å²) in [6.07, 6.45) is 4.91. The van der Waals surface area contributed by atoms with E-state index in [0.717, 1.165) is 48.3 Å². The van der Waals surface area contributed by atoms with Gasteiger partial charge in [0.15, 0.2) is 0 Å². The van der Waals surface area contributed by atoms with Crippen molar-refractivity contribution in [2.75, 3.05) is 10.6 Å². The summed E-state index contributed by atoms with van der Waals surface area (Å²) < 4.78 is 0. The number of thiophene rings is 1. The van der Waals surface area contributed by atoms with Crippen LogP contribution < -0.4 is 10.6 Å². The van der Waals surface area contributed by atoms with Crippen LogP contribution in [-0.4, -0.2) is 17.1 Å². The molecule has 0 radical (unpaired) electrons. The summed E-state index contributed by atoms with van der Waals surface area (Å²) in [5, 5.41) is 15.9. The Morgan fingerprint density at radius 1 is 1.27 bits per heavy atom. The first-order valence-corrected chi connectivity index (χ1v) is 12.1. The Hall–Kier alpha value is -2.30.